The van der Waals surface area contributed by atoms with Gasteiger partial charge in [0.2, 0.25) is 0 Å². The molecule has 0 saturated carbocycles. The van der Waals surface area contributed by atoms with E-state index in [-0.39, 0.29) is 5.91 Å². The SMILES string of the molecule is C=CCN(CC(=C)C)C(=O)C(Cl)Cl. The lowest BCUT2D eigenvalue weighted by Gasteiger charge is -2.21. The second-order valence-corrected chi connectivity index (χ2v) is 3.86. The van der Waals surface area contributed by atoms with Crippen LogP contribution in [0.15, 0.2) is 24.8 Å². The predicted molar refractivity (Wildman–Crippen MR) is 57.1 cm³/mol. The Morgan fingerprint density at radius 2 is 2.15 bits per heavy atom. The van der Waals surface area contributed by atoms with Gasteiger partial charge in [-0.05, 0) is 6.92 Å². The minimum absolute atomic E-state index is 0.314. The molecule has 0 fully saturated rings. The second-order valence-electron chi connectivity index (χ2n) is 2.77. The van der Waals surface area contributed by atoms with Crippen LogP contribution in [0.3, 0.4) is 0 Å². The van der Waals surface area contributed by atoms with Crippen molar-refractivity contribution < 1.29 is 4.79 Å². The molecule has 0 aliphatic rings. The van der Waals surface area contributed by atoms with Crippen molar-refractivity contribution in [3.63, 3.8) is 0 Å². The normalized spacial score (nSPS) is 9.85. The van der Waals surface area contributed by atoms with Gasteiger partial charge in [0.15, 0.2) is 4.84 Å². The van der Waals surface area contributed by atoms with Gasteiger partial charge in [-0.15, -0.1) is 6.58 Å². The van der Waals surface area contributed by atoms with Crippen molar-refractivity contribution in [2.75, 3.05) is 13.1 Å². The standard InChI is InChI=1S/C9H13Cl2NO/c1-4-5-12(6-7(2)3)9(13)8(10)11/h4,8H,1-2,5-6H2,3H3. The molecule has 0 unspecified atom stereocenters. The molecule has 0 rings (SSSR count). The summed E-state index contributed by atoms with van der Waals surface area (Å²) < 4.78 is 0. The number of nitrogens with zero attached hydrogens (tertiary/aromatic N) is 1. The molecule has 1 amide bonds. The molecule has 0 N–H and O–H groups in total. The molecule has 0 spiro atoms. The Morgan fingerprint density at radius 1 is 1.62 bits per heavy atom. The molecule has 13 heavy (non-hydrogen) atoms. The largest absolute Gasteiger partial charge is 0.333 e. The highest BCUT2D eigenvalue weighted by Crippen LogP contribution is 2.08. The van der Waals surface area contributed by atoms with Gasteiger partial charge in [0.05, 0.1) is 0 Å². The third-order valence-electron chi connectivity index (χ3n) is 1.31. The third kappa shape index (κ3) is 4.96. The Labute approximate surface area is 88.8 Å². The average Bonchev–Trinajstić information content (AvgIpc) is 2.01. The Bertz CT molecular complexity index is 214. The van der Waals surface area contributed by atoms with Gasteiger partial charge in [0, 0.05) is 13.1 Å². The summed E-state index contributed by atoms with van der Waals surface area (Å²) in [6, 6.07) is 0. The monoisotopic (exact) mass is 221 g/mol. The van der Waals surface area contributed by atoms with Crippen LogP contribution in [0.5, 0.6) is 0 Å². The van der Waals surface area contributed by atoms with Crippen LogP contribution < -0.4 is 0 Å². The molecular weight excluding hydrogens is 209 g/mol. The highest BCUT2D eigenvalue weighted by molar-refractivity contribution is 6.53. The first-order chi connectivity index (χ1) is 5.99. The molecule has 0 aromatic rings. The minimum Gasteiger partial charge on any atom is -0.333 e. The van der Waals surface area contributed by atoms with E-state index in [0.29, 0.717) is 13.1 Å². The maximum absolute atomic E-state index is 11.3. The zero-order valence-electron chi connectivity index (χ0n) is 7.59. The maximum Gasteiger partial charge on any atom is 0.256 e. The Morgan fingerprint density at radius 3 is 2.46 bits per heavy atom. The molecule has 0 radical (unpaired) electrons. The van der Waals surface area contributed by atoms with Crippen molar-refractivity contribution in [3.05, 3.63) is 24.8 Å². The fraction of sp³-hybridized carbons (Fsp3) is 0.444. The molecule has 0 aliphatic carbocycles. The predicted octanol–water partition coefficient (Wildman–Crippen LogP) is 2.38. The van der Waals surface area contributed by atoms with E-state index in [0.717, 1.165) is 5.57 Å². The number of carbonyl (C=O) groups is 1. The number of alkyl halides is 2. The summed E-state index contributed by atoms with van der Waals surface area (Å²) in [5.41, 5.74) is 0.879. The summed E-state index contributed by atoms with van der Waals surface area (Å²) in [4.78, 5) is 11.8. The Hall–Kier alpha value is -0.470. The van der Waals surface area contributed by atoms with Crippen LogP contribution in [0, 0.1) is 0 Å². The van der Waals surface area contributed by atoms with E-state index >= 15 is 0 Å². The van der Waals surface area contributed by atoms with Gasteiger partial charge < -0.3 is 4.90 Å². The van der Waals surface area contributed by atoms with Crippen molar-refractivity contribution >= 4 is 29.1 Å². The van der Waals surface area contributed by atoms with Crippen molar-refractivity contribution in [2.24, 2.45) is 0 Å². The molecule has 0 aromatic heterocycles. The first-order valence-corrected chi connectivity index (χ1v) is 4.68. The van der Waals surface area contributed by atoms with Crippen LogP contribution in [0.1, 0.15) is 6.92 Å². The van der Waals surface area contributed by atoms with Gasteiger partial charge >= 0.3 is 0 Å². The lowest BCUT2D eigenvalue weighted by Crippen LogP contribution is -2.36. The third-order valence-corrected chi connectivity index (χ3v) is 1.68. The summed E-state index contributed by atoms with van der Waals surface area (Å²) >= 11 is 10.9. The summed E-state index contributed by atoms with van der Waals surface area (Å²) in [6.45, 7) is 9.97. The molecule has 0 saturated heterocycles. The zero-order valence-corrected chi connectivity index (χ0v) is 9.11. The highest BCUT2D eigenvalue weighted by Gasteiger charge is 2.18. The number of carbonyl (C=O) groups excluding carboxylic acids is 1. The maximum atomic E-state index is 11.3. The molecule has 0 atom stereocenters. The molecule has 4 heteroatoms. The van der Waals surface area contributed by atoms with E-state index < -0.39 is 4.84 Å². The molecule has 0 aliphatic heterocycles. The van der Waals surface area contributed by atoms with E-state index in [9.17, 15) is 4.79 Å². The average molecular weight is 222 g/mol. The summed E-state index contributed by atoms with van der Waals surface area (Å²) in [6.07, 6.45) is 1.62. The fourth-order valence-corrected chi connectivity index (χ4v) is 1.13. The second kappa shape index (κ2) is 6.06. The molecule has 0 heterocycles. The number of hydrogen-bond acceptors (Lipinski definition) is 1. The van der Waals surface area contributed by atoms with Gasteiger partial charge in [0.1, 0.15) is 0 Å². The zero-order chi connectivity index (χ0) is 10.4. The van der Waals surface area contributed by atoms with Gasteiger partial charge in [-0.1, -0.05) is 41.4 Å². The number of amides is 1. The first-order valence-electron chi connectivity index (χ1n) is 3.81. The van der Waals surface area contributed by atoms with Crippen molar-refractivity contribution in [1.82, 2.24) is 4.90 Å². The quantitative estimate of drug-likeness (QED) is 0.516. The first kappa shape index (κ1) is 12.5. The molecule has 0 bridgehead atoms. The van der Waals surface area contributed by atoms with Crippen LogP contribution in [0.2, 0.25) is 0 Å². The topological polar surface area (TPSA) is 20.3 Å². The van der Waals surface area contributed by atoms with Crippen LogP contribution in [-0.4, -0.2) is 28.7 Å². The number of hydrogen-bond donors (Lipinski definition) is 0. The van der Waals surface area contributed by atoms with Gasteiger partial charge in [-0.25, -0.2) is 0 Å². The van der Waals surface area contributed by atoms with Crippen molar-refractivity contribution in [1.29, 1.82) is 0 Å². The highest BCUT2D eigenvalue weighted by atomic mass is 35.5. The molecule has 0 aromatic carbocycles. The Balaban J connectivity index is 4.31. The van der Waals surface area contributed by atoms with E-state index in [1.165, 1.54) is 4.90 Å². The molecule has 74 valence electrons. The van der Waals surface area contributed by atoms with E-state index in [4.69, 9.17) is 23.2 Å². The number of rotatable bonds is 5. The van der Waals surface area contributed by atoms with Crippen molar-refractivity contribution in [3.8, 4) is 0 Å². The lowest BCUT2D eigenvalue weighted by molar-refractivity contribution is -0.128. The summed E-state index contributed by atoms with van der Waals surface area (Å²) in [7, 11) is 0. The smallest absolute Gasteiger partial charge is 0.256 e. The fourth-order valence-electron chi connectivity index (χ4n) is 0.852. The Kier molecular flexibility index (Phi) is 5.84. The van der Waals surface area contributed by atoms with Crippen LogP contribution in [0.4, 0.5) is 0 Å². The van der Waals surface area contributed by atoms with Crippen molar-refractivity contribution in [2.45, 2.75) is 11.8 Å². The van der Waals surface area contributed by atoms with Crippen LogP contribution in [-0.2, 0) is 4.79 Å². The van der Waals surface area contributed by atoms with E-state index in [1.54, 1.807) is 6.08 Å². The summed E-state index contributed by atoms with van der Waals surface area (Å²) in [5.74, 6) is -0.314. The van der Waals surface area contributed by atoms with E-state index in [2.05, 4.69) is 13.2 Å². The van der Waals surface area contributed by atoms with Gasteiger partial charge in [-0.2, -0.15) is 0 Å². The summed E-state index contributed by atoms with van der Waals surface area (Å²) in [5, 5.41) is 0. The molecule has 2 nitrogen and oxygen atoms in total. The minimum atomic E-state index is -1.01. The van der Waals surface area contributed by atoms with Gasteiger partial charge in [-0.3, -0.25) is 4.79 Å². The molecular formula is C9H13Cl2NO. The number of halogens is 2. The van der Waals surface area contributed by atoms with Crippen LogP contribution >= 0.6 is 23.2 Å². The van der Waals surface area contributed by atoms with E-state index in [1.807, 2.05) is 6.92 Å². The van der Waals surface area contributed by atoms with Gasteiger partial charge in [0.25, 0.3) is 5.91 Å². The van der Waals surface area contributed by atoms with Crippen LogP contribution in [0.25, 0.3) is 0 Å². The lowest BCUT2D eigenvalue weighted by atomic mass is 10.3.